The van der Waals surface area contributed by atoms with Gasteiger partial charge in [-0.05, 0) is 95.4 Å². The summed E-state index contributed by atoms with van der Waals surface area (Å²) in [6, 6.07) is 23.5. The predicted molar refractivity (Wildman–Crippen MR) is 209 cm³/mol. The van der Waals surface area contributed by atoms with Crippen LogP contribution in [0.2, 0.25) is 0 Å². The van der Waals surface area contributed by atoms with E-state index in [-0.39, 0.29) is 48.9 Å². The summed E-state index contributed by atoms with van der Waals surface area (Å²) in [5.74, 6) is 0.547. The molecule has 1 N–H and O–H groups in total. The van der Waals surface area contributed by atoms with Crippen LogP contribution >= 0.6 is 0 Å². The molecule has 0 aliphatic heterocycles. The Hall–Kier alpha value is -3.66. The molecule has 0 saturated heterocycles. The van der Waals surface area contributed by atoms with Crippen LogP contribution in [0.1, 0.15) is 96.5 Å². The molecule has 1 radical (unpaired) electrons. The Morgan fingerprint density at radius 3 is 1.98 bits per heavy atom. The van der Waals surface area contributed by atoms with Gasteiger partial charge in [0.2, 0.25) is 0 Å². The van der Waals surface area contributed by atoms with Gasteiger partial charge in [0.05, 0.1) is 16.8 Å². The van der Waals surface area contributed by atoms with Crippen LogP contribution in [0.25, 0.3) is 54.6 Å². The van der Waals surface area contributed by atoms with Crippen molar-refractivity contribution in [3.05, 3.63) is 94.9 Å². The smallest absolute Gasteiger partial charge is 0.162 e. The van der Waals surface area contributed by atoms with Crippen molar-refractivity contribution in [2.45, 2.75) is 101 Å². The van der Waals surface area contributed by atoms with Gasteiger partial charge in [0.25, 0.3) is 0 Å². The normalized spacial score (nSPS) is 12.3. The number of hydrogen-bond acceptors (Lipinski definition) is 4. The number of aliphatic hydroxyl groups excluding tert-OH is 1. The molecule has 0 atom stereocenters. The summed E-state index contributed by atoms with van der Waals surface area (Å²) in [6.45, 7) is 21.3. The van der Waals surface area contributed by atoms with E-state index in [4.69, 9.17) is 9.97 Å². The van der Waals surface area contributed by atoms with Crippen LogP contribution in [0.3, 0.4) is 0 Å². The standard InChI is InChI=1S/C32H29N2.C13H24O2.Ir/c1-18-10-19(2)12-21(11-18)28-16-26-25-15-22(17-32(4,5)6)33-27-9-7-8-23(30(25)27)24-13-20(3)14-29(34-28)31(24)26;1-5-10(6-2)12(14)9-13(15)11(7-3)8-4;/h7-11,13-16H,17H2,1-6H3;9-11,14H,5-8H2,1-4H3;/q-1;;/b;12-9-;. The molecule has 4 nitrogen and oxygen atoms in total. The molecule has 2 heterocycles. The fourth-order valence-corrected chi connectivity index (χ4v) is 7.30. The number of rotatable bonds is 9. The van der Waals surface area contributed by atoms with Crippen LogP contribution in [0.5, 0.6) is 0 Å². The van der Waals surface area contributed by atoms with Gasteiger partial charge in [-0.1, -0.05) is 86.6 Å². The molecular weight excluding hydrogens is 793 g/mol. The van der Waals surface area contributed by atoms with Crippen LogP contribution in [-0.4, -0.2) is 20.9 Å². The maximum atomic E-state index is 11.7. The van der Waals surface area contributed by atoms with E-state index in [1.807, 2.05) is 27.7 Å². The quantitative estimate of drug-likeness (QED) is 0.0518. The van der Waals surface area contributed by atoms with Gasteiger partial charge in [0, 0.05) is 54.5 Å². The van der Waals surface area contributed by atoms with E-state index in [0.717, 1.165) is 65.7 Å². The number of ketones is 1. The molecule has 0 amide bonds. The summed E-state index contributed by atoms with van der Waals surface area (Å²) in [5.41, 5.74) is 9.06. The zero-order valence-electron chi connectivity index (χ0n) is 31.5. The van der Waals surface area contributed by atoms with Crippen molar-refractivity contribution < 1.29 is 30.0 Å². The van der Waals surface area contributed by atoms with Crippen molar-refractivity contribution in [2.75, 3.05) is 0 Å². The van der Waals surface area contributed by atoms with Crippen molar-refractivity contribution in [2.24, 2.45) is 17.3 Å². The minimum atomic E-state index is 0. The summed E-state index contributed by atoms with van der Waals surface area (Å²) in [5, 5.41) is 17.3. The Bertz CT molecular complexity index is 2130. The second kappa shape index (κ2) is 16.1. The zero-order chi connectivity index (χ0) is 35.6. The third-order valence-electron chi connectivity index (χ3n) is 9.74. The van der Waals surface area contributed by atoms with Crippen molar-refractivity contribution >= 4 is 49.1 Å². The van der Waals surface area contributed by atoms with E-state index >= 15 is 0 Å². The summed E-state index contributed by atoms with van der Waals surface area (Å²) in [6.07, 6.45) is 5.84. The molecular formula is C45H53IrN2O2-. The maximum Gasteiger partial charge on any atom is 0.162 e. The molecule has 5 heteroatoms. The van der Waals surface area contributed by atoms with Crippen molar-refractivity contribution in [1.29, 1.82) is 0 Å². The monoisotopic (exact) mass is 846 g/mol. The molecule has 0 bridgehead atoms. The van der Waals surface area contributed by atoms with Crippen LogP contribution in [-0.2, 0) is 31.3 Å². The molecule has 6 aromatic rings. The third-order valence-corrected chi connectivity index (χ3v) is 9.74. The SMILES string of the molecule is CCC(CC)C(=O)/C=C(\O)C(CC)CC.Cc1[c-]c(-c2cc3c4cc(CC(C)(C)C)nc5cccc(c6cc(C)cc(n2)c63)c54)cc(C)c1.[Ir]. The second-order valence-electron chi connectivity index (χ2n) is 15.1. The number of nitrogens with zero attached hydrogens (tertiary/aromatic N) is 2. The molecule has 0 spiro atoms. The number of aromatic nitrogens is 2. The molecule has 0 saturated carbocycles. The van der Waals surface area contributed by atoms with Gasteiger partial charge in [0.1, 0.15) is 0 Å². The summed E-state index contributed by atoms with van der Waals surface area (Å²) in [4.78, 5) is 22.0. The van der Waals surface area contributed by atoms with E-state index in [1.165, 1.54) is 49.5 Å². The largest absolute Gasteiger partial charge is 0.512 e. The maximum absolute atomic E-state index is 11.7. The molecule has 6 rings (SSSR count). The zero-order valence-corrected chi connectivity index (χ0v) is 33.9. The third kappa shape index (κ3) is 8.44. The number of benzene rings is 4. The fraction of sp³-hybridized carbons (Fsp3) is 0.400. The van der Waals surface area contributed by atoms with Crippen LogP contribution < -0.4 is 0 Å². The van der Waals surface area contributed by atoms with E-state index in [0.29, 0.717) is 0 Å². The van der Waals surface area contributed by atoms with Crippen LogP contribution in [0.15, 0.2) is 66.4 Å². The predicted octanol–water partition coefficient (Wildman–Crippen LogP) is 12.4. The fourth-order valence-electron chi connectivity index (χ4n) is 7.30. The molecule has 0 fully saturated rings. The van der Waals surface area contributed by atoms with E-state index in [1.54, 1.807) is 0 Å². The number of pyridine rings is 2. The summed E-state index contributed by atoms with van der Waals surface area (Å²) in [7, 11) is 0. The van der Waals surface area contributed by atoms with Crippen LogP contribution in [0.4, 0.5) is 0 Å². The minimum absolute atomic E-state index is 0. The number of hydrogen-bond donors (Lipinski definition) is 1. The average Bonchev–Trinajstić information content (AvgIpc) is 3.03. The number of allylic oxidation sites excluding steroid dienone is 2. The first-order chi connectivity index (χ1) is 23.3. The van der Waals surface area contributed by atoms with Gasteiger partial charge in [-0.3, -0.25) is 14.8 Å². The van der Waals surface area contributed by atoms with Crippen molar-refractivity contribution in [3.8, 4) is 11.3 Å². The first-order valence-electron chi connectivity index (χ1n) is 18.1. The van der Waals surface area contributed by atoms with E-state index in [2.05, 4.69) is 102 Å². The van der Waals surface area contributed by atoms with E-state index in [9.17, 15) is 9.90 Å². The topological polar surface area (TPSA) is 63.1 Å². The minimum Gasteiger partial charge on any atom is -0.512 e. The van der Waals surface area contributed by atoms with Crippen molar-refractivity contribution in [1.82, 2.24) is 9.97 Å². The Morgan fingerprint density at radius 1 is 0.760 bits per heavy atom. The average molecular weight is 846 g/mol. The molecule has 265 valence electrons. The first kappa shape index (κ1) is 39.1. The van der Waals surface area contributed by atoms with Crippen LogP contribution in [0, 0.1) is 44.1 Å². The summed E-state index contributed by atoms with van der Waals surface area (Å²) >= 11 is 0. The Labute approximate surface area is 312 Å². The Morgan fingerprint density at radius 2 is 1.36 bits per heavy atom. The van der Waals surface area contributed by atoms with Gasteiger partial charge in [-0.15, -0.1) is 34.9 Å². The number of fused-ring (bicyclic) bond motifs is 2. The summed E-state index contributed by atoms with van der Waals surface area (Å²) < 4.78 is 0. The van der Waals surface area contributed by atoms with Gasteiger partial charge < -0.3 is 5.11 Å². The molecule has 0 unspecified atom stereocenters. The van der Waals surface area contributed by atoms with Gasteiger partial charge in [-0.25, -0.2) is 0 Å². The van der Waals surface area contributed by atoms with Gasteiger partial charge in [-0.2, -0.15) is 0 Å². The number of carbonyl (C=O) groups is 1. The number of carbonyl (C=O) groups excluding carboxylic acids is 1. The molecule has 4 aromatic carbocycles. The molecule has 50 heavy (non-hydrogen) atoms. The van der Waals surface area contributed by atoms with Gasteiger partial charge in [0.15, 0.2) is 5.78 Å². The second-order valence-corrected chi connectivity index (χ2v) is 15.1. The first-order valence-corrected chi connectivity index (χ1v) is 18.1. The molecule has 0 aliphatic carbocycles. The number of aliphatic hydroxyl groups is 1. The van der Waals surface area contributed by atoms with Gasteiger partial charge >= 0.3 is 0 Å². The molecule has 2 aromatic heterocycles. The van der Waals surface area contributed by atoms with E-state index < -0.39 is 0 Å². The van der Waals surface area contributed by atoms with Crippen molar-refractivity contribution in [3.63, 3.8) is 0 Å². The number of aryl methyl sites for hydroxylation is 3. The Balaban J connectivity index is 0.000000301. The Kier molecular flexibility index (Phi) is 12.6. The molecule has 0 aliphatic rings.